The second-order valence-electron chi connectivity index (χ2n) is 8.51. The highest BCUT2D eigenvalue weighted by molar-refractivity contribution is 7.54. The maximum Gasteiger partial charge on any atom is 0.319 e. The highest BCUT2D eigenvalue weighted by Crippen LogP contribution is 2.42. The molecular weight excluding hydrogens is 662 g/mol. The van der Waals surface area contributed by atoms with E-state index >= 15 is 0 Å². The van der Waals surface area contributed by atoms with E-state index in [1.54, 1.807) is 78.9 Å². The van der Waals surface area contributed by atoms with E-state index in [4.69, 9.17) is 18.7 Å². The lowest BCUT2D eigenvalue weighted by Gasteiger charge is -2.20. The Kier molecular flexibility index (Phi) is 10.3. The Hall–Kier alpha value is -6.07. The summed E-state index contributed by atoms with van der Waals surface area (Å²) in [6.45, 7) is 0. The molecule has 3 atom stereocenters. The molecule has 0 aliphatic carbocycles. The number of aromatic amines is 1. The van der Waals surface area contributed by atoms with Crippen molar-refractivity contribution in [1.29, 1.82) is 26.3 Å². The van der Waals surface area contributed by atoms with Crippen LogP contribution >= 0.6 is 33.2 Å². The zero-order chi connectivity index (χ0) is 32.3. The Balaban J connectivity index is 1.85. The summed E-state index contributed by atoms with van der Waals surface area (Å²) in [5, 5.41) is 49.7. The van der Waals surface area contributed by atoms with Gasteiger partial charge < -0.3 is 18.7 Å². The summed E-state index contributed by atoms with van der Waals surface area (Å²) in [4.78, 5) is 12.7. The highest BCUT2D eigenvalue weighted by atomic mass is 31.2. The van der Waals surface area contributed by atoms with Gasteiger partial charge in [0.25, 0.3) is 8.08 Å². The van der Waals surface area contributed by atoms with E-state index in [1.165, 1.54) is 8.51 Å². The van der Waals surface area contributed by atoms with E-state index in [1.807, 2.05) is 42.5 Å². The summed E-state index contributed by atoms with van der Waals surface area (Å²) in [6, 6.07) is 35.8. The maximum absolute atomic E-state index is 10.1. The van der Waals surface area contributed by atoms with Crippen molar-refractivity contribution < 1.29 is 18.7 Å². The third-order valence-electron chi connectivity index (χ3n) is 5.75. The van der Waals surface area contributed by atoms with Crippen LogP contribution in [0.2, 0.25) is 0 Å². The Labute approximate surface area is 267 Å². The highest BCUT2D eigenvalue weighted by Gasteiger charge is 2.28. The predicted octanol–water partition coefficient (Wildman–Crippen LogP) is 7.57. The molecule has 13 nitrogen and oxygen atoms in total. The van der Waals surface area contributed by atoms with Gasteiger partial charge >= 0.3 is 8.08 Å². The van der Waals surface area contributed by atoms with Crippen molar-refractivity contribution >= 4 is 33.2 Å². The summed E-state index contributed by atoms with van der Waals surface area (Å²) in [7, 11) is -4.24. The first kappa shape index (κ1) is 31.4. The van der Waals surface area contributed by atoms with Crippen molar-refractivity contribution in [3.05, 3.63) is 119 Å². The van der Waals surface area contributed by atoms with Gasteiger partial charge in [0.2, 0.25) is 0 Å². The largest absolute Gasteiger partial charge is 0.415 e. The van der Waals surface area contributed by atoms with E-state index in [-0.39, 0.29) is 17.0 Å². The van der Waals surface area contributed by atoms with Crippen LogP contribution in [0.4, 0.5) is 0 Å². The minimum absolute atomic E-state index is 0.148. The van der Waals surface area contributed by atoms with E-state index in [2.05, 4.69) is 9.02 Å². The van der Waals surface area contributed by atoms with Gasteiger partial charge in [0.15, 0.2) is 20.0 Å². The van der Waals surface area contributed by atoms with Crippen LogP contribution in [0.5, 0.6) is 23.0 Å². The number of hydrogen-bond donors (Lipinski definition) is 1. The van der Waals surface area contributed by atoms with Gasteiger partial charge in [-0.1, -0.05) is 63.1 Å². The standard InChI is InChI=1S/C29H17N9O4P4/c30-16-24-25(17-31)27(19-33)29(28(20-34)26(24)18-32)40-37-44-35-43-36-45(41-22-12-6-2-7-13-22)38(39-21-10-4-1-5-11-21)46(37)42-23-14-8-3-9-15-23/h1-15,36,43H. The van der Waals surface area contributed by atoms with Gasteiger partial charge in [0.05, 0.1) is 16.7 Å². The van der Waals surface area contributed by atoms with E-state index in [9.17, 15) is 26.3 Å². The first-order chi connectivity index (χ1) is 22.6. The molecule has 4 aromatic carbocycles. The monoisotopic (exact) mass is 679 g/mol. The normalized spacial score (nSPS) is 10.8. The molecule has 0 saturated heterocycles. The minimum atomic E-state index is -2.26. The first-order valence-corrected chi connectivity index (χ1v) is 17.0. The molecule has 1 heterocycles. The lowest BCUT2D eigenvalue weighted by molar-refractivity contribution is 0.233. The van der Waals surface area contributed by atoms with Gasteiger partial charge in [-0.3, -0.25) is 4.51 Å². The molecule has 17 heteroatoms. The van der Waals surface area contributed by atoms with Crippen LogP contribution in [0.1, 0.15) is 27.8 Å². The molecule has 0 aliphatic heterocycles. The third kappa shape index (κ3) is 6.85. The second kappa shape index (κ2) is 15.1. The van der Waals surface area contributed by atoms with Crippen molar-refractivity contribution in [2.75, 3.05) is 0 Å². The van der Waals surface area contributed by atoms with Crippen LogP contribution in [-0.2, 0) is 0 Å². The molecule has 46 heavy (non-hydrogen) atoms. The number of aromatic nitrogens is 4. The number of benzene rings is 4. The maximum atomic E-state index is 10.1. The van der Waals surface area contributed by atoms with Crippen LogP contribution in [0.15, 0.2) is 91.0 Å². The Morgan fingerprint density at radius 2 is 1.07 bits per heavy atom. The Morgan fingerprint density at radius 1 is 0.609 bits per heavy atom. The first-order valence-electron chi connectivity index (χ1n) is 12.8. The molecule has 5 aromatic rings. The van der Waals surface area contributed by atoms with Gasteiger partial charge in [-0.2, -0.15) is 30.8 Å². The van der Waals surface area contributed by atoms with Gasteiger partial charge in [0, 0.05) is 8.51 Å². The number of H-pyrrole nitrogens is 1. The van der Waals surface area contributed by atoms with Crippen molar-refractivity contribution in [2.45, 2.75) is 0 Å². The van der Waals surface area contributed by atoms with Crippen LogP contribution in [-0.4, -0.2) is 17.5 Å². The summed E-state index contributed by atoms with van der Waals surface area (Å²) in [5.41, 5.74) is -2.01. The lowest BCUT2D eigenvalue weighted by atomic mass is 9.93. The number of nitriles is 5. The molecule has 0 aliphatic rings. The van der Waals surface area contributed by atoms with Crippen molar-refractivity contribution in [3.63, 3.8) is 0 Å². The Bertz CT molecular complexity index is 2130. The fraction of sp³-hybridized carbons (Fsp3) is 0. The number of para-hydroxylation sites is 3. The molecule has 0 fully saturated rings. The summed E-state index contributed by atoms with van der Waals surface area (Å²) in [5.74, 6) is 0.958. The third-order valence-corrected chi connectivity index (χ3v) is 11.4. The van der Waals surface area contributed by atoms with E-state index in [0.29, 0.717) is 17.2 Å². The van der Waals surface area contributed by atoms with Crippen LogP contribution in [0.3, 0.4) is 0 Å². The molecule has 5 rings (SSSR count). The number of nitrogens with one attached hydrogen (secondary N) is 1. The quantitative estimate of drug-likeness (QED) is 0.171. The summed E-state index contributed by atoms with van der Waals surface area (Å²) >= 11 is 0. The second-order valence-corrected chi connectivity index (χ2v) is 14.1. The fourth-order valence-electron chi connectivity index (χ4n) is 3.77. The molecule has 1 N–H and O–H groups in total. The van der Waals surface area contributed by atoms with Crippen LogP contribution < -0.4 is 18.7 Å². The number of hydrogen-bond acceptors (Lipinski definition) is 10. The molecule has 0 radical (unpaired) electrons. The van der Waals surface area contributed by atoms with E-state index in [0.717, 1.165) is 0 Å². The molecular formula is C29H17N9O4P4. The van der Waals surface area contributed by atoms with Crippen LogP contribution in [0, 0.1) is 56.7 Å². The molecule has 0 bridgehead atoms. The summed E-state index contributed by atoms with van der Waals surface area (Å²) in [6.07, 6.45) is 0. The van der Waals surface area contributed by atoms with Gasteiger partial charge in [0.1, 0.15) is 53.0 Å². The molecule has 0 saturated carbocycles. The van der Waals surface area contributed by atoms with Gasteiger partial charge in [-0.25, -0.2) is 0 Å². The summed E-state index contributed by atoms with van der Waals surface area (Å²) < 4.78 is 23.3. The smallest absolute Gasteiger partial charge is 0.319 e. The lowest BCUT2D eigenvalue weighted by Crippen LogP contribution is -2.14. The van der Waals surface area contributed by atoms with Gasteiger partial charge in [-0.05, 0) is 36.4 Å². The average molecular weight is 679 g/mol. The topological polar surface area (TPSA) is 194 Å². The number of rotatable bonds is 8. The average Bonchev–Trinajstić information content (AvgIpc) is 3.10. The zero-order valence-electron chi connectivity index (χ0n) is 23.2. The molecule has 0 spiro atoms. The van der Waals surface area contributed by atoms with Crippen molar-refractivity contribution in [2.24, 2.45) is 0 Å². The molecule has 222 valence electrons. The minimum Gasteiger partial charge on any atom is -0.415 e. The van der Waals surface area contributed by atoms with Crippen LogP contribution in [0.25, 0.3) is 0 Å². The molecule has 1 aromatic heterocycles. The molecule has 0 amide bonds. The SMILES string of the molecule is N#Cc1c(C#N)c(C#N)c(On2pn[pH][nH]p(Oc3ccccc3)n(Oc3ccccc3)p2Oc2ccccc2)c(C#N)c1C#N. The molecule has 3 unspecified atom stereocenters. The predicted molar refractivity (Wildman–Crippen MR) is 171 cm³/mol. The number of nitrogens with zero attached hydrogens (tertiary/aromatic N) is 8. The van der Waals surface area contributed by atoms with Crippen molar-refractivity contribution in [1.82, 2.24) is 17.5 Å². The zero-order valence-corrected chi connectivity index (χ0v) is 26.9. The van der Waals surface area contributed by atoms with Crippen molar-refractivity contribution in [3.8, 4) is 53.3 Å². The van der Waals surface area contributed by atoms with Gasteiger partial charge in [-0.15, -0.1) is 0 Å². The Morgan fingerprint density at radius 3 is 1.57 bits per heavy atom. The fourth-order valence-corrected chi connectivity index (χ4v) is 9.83. The van der Waals surface area contributed by atoms with E-state index < -0.39 is 49.7 Å².